The van der Waals surface area contributed by atoms with Crippen LogP contribution in [-0.2, 0) is 11.3 Å². The van der Waals surface area contributed by atoms with Crippen LogP contribution in [0.4, 0.5) is 11.5 Å². The Bertz CT molecular complexity index is 805. The second kappa shape index (κ2) is 5.96. The molecule has 1 saturated heterocycles. The van der Waals surface area contributed by atoms with Gasteiger partial charge in [-0.3, -0.25) is 4.68 Å². The number of fused-ring (bicyclic) bond motifs is 1. The Morgan fingerprint density at radius 1 is 1.26 bits per heavy atom. The number of hydrogen-bond acceptors (Lipinski definition) is 5. The maximum Gasteiger partial charge on any atom is 0.186 e. The number of nitrogens with zero attached hydrogens (tertiary/aromatic N) is 4. The standard InChI is InChI=1S/C17H19N5O/c1-12-2-4-14(5-3-12)20-16-15-9-22(8-13-6-7-23-10-13)21-17(15)19-11-18-16/h2-5,9,11,13H,6-8,10H2,1H3,(H,18,19,20,21). The number of benzene rings is 1. The molecule has 0 saturated carbocycles. The fraction of sp³-hybridized carbons (Fsp3) is 0.353. The molecular formula is C17H19N5O. The summed E-state index contributed by atoms with van der Waals surface area (Å²) in [7, 11) is 0. The molecule has 3 aromatic rings. The van der Waals surface area contributed by atoms with Gasteiger partial charge in [-0.15, -0.1) is 0 Å². The molecule has 1 N–H and O–H groups in total. The van der Waals surface area contributed by atoms with Crippen molar-refractivity contribution in [2.24, 2.45) is 5.92 Å². The minimum absolute atomic E-state index is 0.533. The predicted octanol–water partition coefficient (Wildman–Crippen LogP) is 2.91. The SMILES string of the molecule is Cc1ccc(Nc2ncnc3nn(CC4CCOC4)cc23)cc1. The molecule has 1 aliphatic rings. The van der Waals surface area contributed by atoms with Crippen molar-refractivity contribution in [3.63, 3.8) is 0 Å². The summed E-state index contributed by atoms with van der Waals surface area (Å²) in [5.74, 6) is 1.32. The topological polar surface area (TPSA) is 64.9 Å². The molecule has 1 atom stereocenters. The third-order valence-electron chi connectivity index (χ3n) is 4.15. The second-order valence-corrected chi connectivity index (χ2v) is 6.03. The van der Waals surface area contributed by atoms with E-state index in [1.165, 1.54) is 5.56 Å². The molecule has 118 valence electrons. The van der Waals surface area contributed by atoms with Gasteiger partial charge in [0.15, 0.2) is 5.65 Å². The molecule has 1 aliphatic heterocycles. The van der Waals surface area contributed by atoms with Crippen LogP contribution >= 0.6 is 0 Å². The van der Waals surface area contributed by atoms with Crippen LogP contribution in [0.2, 0.25) is 0 Å². The Balaban J connectivity index is 1.61. The van der Waals surface area contributed by atoms with E-state index in [1.807, 2.05) is 23.0 Å². The van der Waals surface area contributed by atoms with Crippen molar-refractivity contribution in [1.29, 1.82) is 0 Å². The number of hydrogen-bond donors (Lipinski definition) is 1. The van der Waals surface area contributed by atoms with Gasteiger partial charge >= 0.3 is 0 Å². The lowest BCUT2D eigenvalue weighted by atomic mass is 10.1. The van der Waals surface area contributed by atoms with Crippen LogP contribution < -0.4 is 5.32 Å². The maximum absolute atomic E-state index is 5.43. The number of aryl methyl sites for hydroxylation is 1. The molecule has 0 spiro atoms. The molecule has 0 bridgehead atoms. The van der Waals surface area contributed by atoms with Crippen molar-refractivity contribution < 1.29 is 4.74 Å². The number of rotatable bonds is 4. The van der Waals surface area contributed by atoms with E-state index < -0.39 is 0 Å². The van der Waals surface area contributed by atoms with Gasteiger partial charge in [-0.05, 0) is 25.5 Å². The molecular weight excluding hydrogens is 290 g/mol. The fourth-order valence-corrected chi connectivity index (χ4v) is 2.84. The number of aromatic nitrogens is 4. The Hall–Kier alpha value is -2.47. The molecule has 0 aliphatic carbocycles. The molecule has 6 heteroatoms. The molecule has 3 heterocycles. The van der Waals surface area contributed by atoms with E-state index >= 15 is 0 Å². The van der Waals surface area contributed by atoms with Crippen LogP contribution in [0.15, 0.2) is 36.8 Å². The zero-order chi connectivity index (χ0) is 15.6. The third kappa shape index (κ3) is 3.03. The van der Waals surface area contributed by atoms with Gasteiger partial charge in [0.05, 0.1) is 12.0 Å². The molecule has 2 aromatic heterocycles. The van der Waals surface area contributed by atoms with Gasteiger partial charge in [-0.25, -0.2) is 9.97 Å². The van der Waals surface area contributed by atoms with E-state index in [0.29, 0.717) is 11.6 Å². The number of ether oxygens (including phenoxy) is 1. The highest BCUT2D eigenvalue weighted by Crippen LogP contribution is 2.23. The van der Waals surface area contributed by atoms with Crippen molar-refractivity contribution in [3.05, 3.63) is 42.4 Å². The maximum atomic E-state index is 5.43. The first kappa shape index (κ1) is 14.1. The summed E-state index contributed by atoms with van der Waals surface area (Å²) in [5.41, 5.74) is 2.95. The summed E-state index contributed by atoms with van der Waals surface area (Å²) in [5, 5.41) is 8.85. The van der Waals surface area contributed by atoms with Crippen LogP contribution in [0, 0.1) is 12.8 Å². The first-order valence-electron chi connectivity index (χ1n) is 7.87. The third-order valence-corrected chi connectivity index (χ3v) is 4.15. The average Bonchev–Trinajstić information content (AvgIpc) is 3.19. The van der Waals surface area contributed by atoms with Gasteiger partial charge in [0.25, 0.3) is 0 Å². The molecule has 1 aromatic carbocycles. The molecule has 0 amide bonds. The van der Waals surface area contributed by atoms with Crippen LogP contribution in [0.5, 0.6) is 0 Å². The molecule has 4 rings (SSSR count). The normalized spacial score (nSPS) is 17.7. The average molecular weight is 309 g/mol. The Morgan fingerprint density at radius 2 is 2.13 bits per heavy atom. The summed E-state index contributed by atoms with van der Waals surface area (Å²) < 4.78 is 7.39. The van der Waals surface area contributed by atoms with Gasteiger partial charge < -0.3 is 10.1 Å². The molecule has 0 radical (unpaired) electrons. The van der Waals surface area contributed by atoms with Gasteiger partial charge in [0.1, 0.15) is 12.1 Å². The molecule has 6 nitrogen and oxygen atoms in total. The number of nitrogens with one attached hydrogen (secondary N) is 1. The highest BCUT2D eigenvalue weighted by atomic mass is 16.5. The summed E-state index contributed by atoms with van der Waals surface area (Å²) >= 11 is 0. The van der Waals surface area contributed by atoms with Gasteiger partial charge in [0, 0.05) is 31.0 Å². The minimum atomic E-state index is 0.533. The zero-order valence-electron chi connectivity index (χ0n) is 13.1. The Morgan fingerprint density at radius 3 is 2.91 bits per heavy atom. The van der Waals surface area contributed by atoms with Crippen molar-refractivity contribution >= 4 is 22.5 Å². The van der Waals surface area contributed by atoms with Crippen LogP contribution in [0.25, 0.3) is 11.0 Å². The van der Waals surface area contributed by atoms with Crippen molar-refractivity contribution in [2.75, 3.05) is 18.5 Å². The highest BCUT2D eigenvalue weighted by molar-refractivity contribution is 5.87. The van der Waals surface area contributed by atoms with E-state index in [1.54, 1.807) is 6.33 Å². The van der Waals surface area contributed by atoms with Gasteiger partial charge in [-0.1, -0.05) is 17.7 Å². The Labute approximate surface area is 134 Å². The quantitative estimate of drug-likeness (QED) is 0.803. The summed E-state index contributed by atoms with van der Waals surface area (Å²) in [6.07, 6.45) is 4.66. The Kier molecular flexibility index (Phi) is 3.67. The van der Waals surface area contributed by atoms with Crippen LogP contribution in [-0.4, -0.2) is 33.0 Å². The summed E-state index contributed by atoms with van der Waals surface area (Å²) in [4.78, 5) is 8.65. The highest BCUT2D eigenvalue weighted by Gasteiger charge is 2.17. The minimum Gasteiger partial charge on any atom is -0.381 e. The zero-order valence-corrected chi connectivity index (χ0v) is 13.1. The first-order valence-corrected chi connectivity index (χ1v) is 7.87. The van der Waals surface area contributed by atoms with E-state index in [2.05, 4.69) is 39.4 Å². The smallest absolute Gasteiger partial charge is 0.186 e. The van der Waals surface area contributed by atoms with Crippen LogP contribution in [0.1, 0.15) is 12.0 Å². The summed E-state index contributed by atoms with van der Waals surface area (Å²) in [6.45, 7) is 4.60. The number of anilines is 2. The predicted molar refractivity (Wildman–Crippen MR) is 88.7 cm³/mol. The molecule has 23 heavy (non-hydrogen) atoms. The lowest BCUT2D eigenvalue weighted by Crippen LogP contribution is -2.10. The largest absolute Gasteiger partial charge is 0.381 e. The van der Waals surface area contributed by atoms with Gasteiger partial charge in [-0.2, -0.15) is 5.10 Å². The van der Waals surface area contributed by atoms with Crippen LogP contribution in [0.3, 0.4) is 0 Å². The monoisotopic (exact) mass is 309 g/mol. The van der Waals surface area contributed by atoms with Gasteiger partial charge in [0.2, 0.25) is 0 Å². The van der Waals surface area contributed by atoms with E-state index in [0.717, 1.165) is 43.1 Å². The second-order valence-electron chi connectivity index (χ2n) is 6.03. The molecule has 1 unspecified atom stereocenters. The van der Waals surface area contributed by atoms with Crippen molar-refractivity contribution in [2.45, 2.75) is 19.9 Å². The molecule has 1 fully saturated rings. The first-order chi connectivity index (χ1) is 11.3. The van der Waals surface area contributed by atoms with E-state index in [9.17, 15) is 0 Å². The lowest BCUT2D eigenvalue weighted by molar-refractivity contribution is 0.181. The fourth-order valence-electron chi connectivity index (χ4n) is 2.84. The lowest BCUT2D eigenvalue weighted by Gasteiger charge is -2.06. The van der Waals surface area contributed by atoms with Crippen molar-refractivity contribution in [1.82, 2.24) is 19.7 Å². The van der Waals surface area contributed by atoms with Crippen molar-refractivity contribution in [3.8, 4) is 0 Å². The van der Waals surface area contributed by atoms with E-state index in [4.69, 9.17) is 4.74 Å². The van der Waals surface area contributed by atoms with E-state index in [-0.39, 0.29) is 0 Å². The summed E-state index contributed by atoms with van der Waals surface area (Å²) in [6, 6.07) is 8.24.